The van der Waals surface area contributed by atoms with E-state index in [1.54, 1.807) is 49.5 Å². The molecule has 0 spiro atoms. The van der Waals surface area contributed by atoms with Crippen LogP contribution in [0.4, 0.5) is 17.1 Å². The molecule has 0 saturated heterocycles. The normalized spacial score (nSPS) is 10.2. The maximum Gasteiger partial charge on any atom is 0.255 e. The van der Waals surface area contributed by atoms with E-state index in [1.807, 2.05) is 19.1 Å². The number of hydrogen-bond acceptors (Lipinski definition) is 4. The molecule has 0 aliphatic rings. The molecule has 3 rings (SSSR count). The summed E-state index contributed by atoms with van der Waals surface area (Å²) in [7, 11) is 1.79. The van der Waals surface area contributed by atoms with Crippen LogP contribution in [0.2, 0.25) is 0 Å². The van der Waals surface area contributed by atoms with E-state index in [1.165, 1.54) is 12.1 Å². The lowest BCUT2D eigenvalue weighted by molar-refractivity contribution is 0.101. The molecule has 0 aromatic heterocycles. The molecule has 0 radical (unpaired) electrons. The second-order valence-electron chi connectivity index (χ2n) is 6.32. The Morgan fingerprint density at radius 3 is 2.21 bits per heavy atom. The maximum atomic E-state index is 12.5. The highest BCUT2D eigenvalue weighted by atomic mass is 16.3. The molecule has 0 heterocycles. The zero-order chi connectivity index (χ0) is 20.1. The molecule has 0 atom stereocenters. The number of anilines is 3. The van der Waals surface area contributed by atoms with E-state index in [-0.39, 0.29) is 17.6 Å². The van der Waals surface area contributed by atoms with Crippen LogP contribution in [0.1, 0.15) is 26.3 Å². The van der Waals surface area contributed by atoms with E-state index < -0.39 is 0 Å². The minimum absolute atomic E-state index is 0.0970. The van der Waals surface area contributed by atoms with Gasteiger partial charge in [0.2, 0.25) is 0 Å². The summed E-state index contributed by atoms with van der Waals surface area (Å²) in [5, 5.41) is 18.0. The van der Waals surface area contributed by atoms with E-state index >= 15 is 0 Å². The topological polar surface area (TPSA) is 90.5 Å². The summed E-state index contributed by atoms with van der Waals surface area (Å²) in [6, 6.07) is 18.5. The highest BCUT2D eigenvalue weighted by Gasteiger charge is 2.11. The lowest BCUT2D eigenvalue weighted by atomic mass is 10.1. The fourth-order valence-corrected chi connectivity index (χ4v) is 2.66. The number of aryl methyl sites for hydroxylation is 1. The molecule has 2 amide bonds. The Labute approximate surface area is 163 Å². The molecule has 0 bridgehead atoms. The van der Waals surface area contributed by atoms with Gasteiger partial charge >= 0.3 is 0 Å². The van der Waals surface area contributed by atoms with Crippen molar-refractivity contribution in [3.05, 3.63) is 83.4 Å². The Balaban J connectivity index is 1.76. The summed E-state index contributed by atoms with van der Waals surface area (Å²) in [5.74, 6) is -0.440. The van der Waals surface area contributed by atoms with Gasteiger partial charge in [0, 0.05) is 35.2 Å². The van der Waals surface area contributed by atoms with E-state index in [0.29, 0.717) is 22.5 Å². The van der Waals surface area contributed by atoms with Crippen molar-refractivity contribution < 1.29 is 14.7 Å². The number of rotatable bonds is 5. The molecule has 0 aliphatic heterocycles. The van der Waals surface area contributed by atoms with Crippen molar-refractivity contribution in [2.24, 2.45) is 0 Å². The second kappa shape index (κ2) is 8.26. The Hall–Kier alpha value is -3.80. The van der Waals surface area contributed by atoms with Crippen LogP contribution in [0.15, 0.2) is 66.7 Å². The SMILES string of the molecule is CNc1cccc(C(=O)Nc2ccc(C)c(NC(=O)c3ccc(O)cc3)c2)c1. The van der Waals surface area contributed by atoms with E-state index in [2.05, 4.69) is 16.0 Å². The van der Waals surface area contributed by atoms with Crippen molar-refractivity contribution in [3.8, 4) is 5.75 Å². The first-order valence-electron chi connectivity index (χ1n) is 8.76. The van der Waals surface area contributed by atoms with Gasteiger partial charge in [-0.1, -0.05) is 12.1 Å². The predicted octanol–water partition coefficient (Wildman–Crippen LogP) is 4.25. The molecule has 3 aromatic rings. The third-order valence-electron chi connectivity index (χ3n) is 4.29. The zero-order valence-electron chi connectivity index (χ0n) is 15.6. The number of amides is 2. The smallest absolute Gasteiger partial charge is 0.255 e. The standard InChI is InChI=1S/C22H21N3O3/c1-14-6-9-18(24-22(28)16-4-3-5-17(12-16)23-2)13-20(14)25-21(27)15-7-10-19(26)11-8-15/h3-13,23,26H,1-2H3,(H,24,28)(H,25,27). The van der Waals surface area contributed by atoms with Crippen molar-refractivity contribution in [1.82, 2.24) is 0 Å². The minimum Gasteiger partial charge on any atom is -0.508 e. The lowest BCUT2D eigenvalue weighted by Crippen LogP contribution is -2.15. The van der Waals surface area contributed by atoms with Crippen LogP contribution < -0.4 is 16.0 Å². The first kappa shape index (κ1) is 19.0. The molecule has 28 heavy (non-hydrogen) atoms. The molecule has 6 nitrogen and oxygen atoms in total. The summed E-state index contributed by atoms with van der Waals surface area (Å²) in [6.45, 7) is 1.87. The Kier molecular flexibility index (Phi) is 5.60. The van der Waals surface area contributed by atoms with Crippen molar-refractivity contribution in [3.63, 3.8) is 0 Å². The van der Waals surface area contributed by atoms with Gasteiger partial charge in [0.1, 0.15) is 5.75 Å². The molecule has 0 fully saturated rings. The number of carbonyl (C=O) groups excluding carboxylic acids is 2. The maximum absolute atomic E-state index is 12.5. The van der Waals surface area contributed by atoms with Gasteiger partial charge in [-0.05, 0) is 67.1 Å². The van der Waals surface area contributed by atoms with Crippen molar-refractivity contribution >= 4 is 28.9 Å². The highest BCUT2D eigenvalue weighted by molar-refractivity contribution is 6.07. The predicted molar refractivity (Wildman–Crippen MR) is 111 cm³/mol. The van der Waals surface area contributed by atoms with Gasteiger partial charge in [-0.2, -0.15) is 0 Å². The van der Waals surface area contributed by atoms with Crippen LogP contribution in [0.25, 0.3) is 0 Å². The number of benzene rings is 3. The third kappa shape index (κ3) is 4.48. The molecule has 0 aliphatic carbocycles. The van der Waals surface area contributed by atoms with Crippen LogP contribution >= 0.6 is 0 Å². The molecule has 0 saturated carbocycles. The summed E-state index contributed by atoms with van der Waals surface area (Å²) in [6.07, 6.45) is 0. The minimum atomic E-state index is -0.298. The quantitative estimate of drug-likeness (QED) is 0.537. The van der Waals surface area contributed by atoms with Gasteiger partial charge in [0.15, 0.2) is 0 Å². The van der Waals surface area contributed by atoms with Gasteiger partial charge in [-0.25, -0.2) is 0 Å². The molecular formula is C22H21N3O3. The van der Waals surface area contributed by atoms with Crippen LogP contribution in [0.5, 0.6) is 5.75 Å². The first-order valence-corrected chi connectivity index (χ1v) is 8.76. The van der Waals surface area contributed by atoms with Crippen molar-refractivity contribution in [2.45, 2.75) is 6.92 Å². The monoisotopic (exact) mass is 375 g/mol. The fraction of sp³-hybridized carbons (Fsp3) is 0.0909. The van der Waals surface area contributed by atoms with Gasteiger partial charge in [-0.3, -0.25) is 9.59 Å². The molecule has 4 N–H and O–H groups in total. The van der Waals surface area contributed by atoms with Crippen LogP contribution in [0.3, 0.4) is 0 Å². The van der Waals surface area contributed by atoms with E-state index in [9.17, 15) is 14.7 Å². The second-order valence-corrected chi connectivity index (χ2v) is 6.32. The van der Waals surface area contributed by atoms with Crippen LogP contribution in [-0.4, -0.2) is 24.0 Å². The number of carbonyl (C=O) groups is 2. The summed E-state index contributed by atoms with van der Waals surface area (Å²) < 4.78 is 0. The molecule has 142 valence electrons. The first-order chi connectivity index (χ1) is 13.5. The molecule has 0 unspecified atom stereocenters. The number of aromatic hydroxyl groups is 1. The van der Waals surface area contributed by atoms with Gasteiger partial charge in [0.25, 0.3) is 11.8 Å². The Bertz CT molecular complexity index is 1010. The van der Waals surface area contributed by atoms with Gasteiger partial charge in [0.05, 0.1) is 0 Å². The molecule has 3 aromatic carbocycles. The van der Waals surface area contributed by atoms with Crippen LogP contribution in [0, 0.1) is 6.92 Å². The molecular weight excluding hydrogens is 354 g/mol. The average molecular weight is 375 g/mol. The number of phenolic OH excluding ortho intramolecular Hbond substituents is 1. The average Bonchev–Trinajstić information content (AvgIpc) is 2.71. The largest absolute Gasteiger partial charge is 0.508 e. The number of phenols is 1. The zero-order valence-corrected chi connectivity index (χ0v) is 15.6. The summed E-state index contributed by atoms with van der Waals surface area (Å²) >= 11 is 0. The van der Waals surface area contributed by atoms with Crippen molar-refractivity contribution in [2.75, 3.05) is 23.0 Å². The number of nitrogens with one attached hydrogen (secondary N) is 3. The Morgan fingerprint density at radius 1 is 0.786 bits per heavy atom. The van der Waals surface area contributed by atoms with Crippen molar-refractivity contribution in [1.29, 1.82) is 0 Å². The highest BCUT2D eigenvalue weighted by Crippen LogP contribution is 2.22. The molecule has 6 heteroatoms. The lowest BCUT2D eigenvalue weighted by Gasteiger charge is -2.12. The summed E-state index contributed by atoms with van der Waals surface area (Å²) in [4.78, 5) is 24.9. The third-order valence-corrected chi connectivity index (χ3v) is 4.29. The fourth-order valence-electron chi connectivity index (χ4n) is 2.66. The van der Waals surface area contributed by atoms with E-state index in [4.69, 9.17) is 0 Å². The van der Waals surface area contributed by atoms with Gasteiger partial charge in [-0.15, -0.1) is 0 Å². The number of hydrogen-bond donors (Lipinski definition) is 4. The van der Waals surface area contributed by atoms with E-state index in [0.717, 1.165) is 11.3 Å². The van der Waals surface area contributed by atoms with Crippen LogP contribution in [-0.2, 0) is 0 Å². The van der Waals surface area contributed by atoms with Gasteiger partial charge < -0.3 is 21.1 Å². The summed E-state index contributed by atoms with van der Waals surface area (Å²) in [5.41, 5.74) is 3.84. The Morgan fingerprint density at radius 2 is 1.50 bits per heavy atom.